The highest BCUT2D eigenvalue weighted by Crippen LogP contribution is 2.27. The minimum absolute atomic E-state index is 0.299. The molecule has 2 N–H and O–H groups in total. The highest BCUT2D eigenvalue weighted by Gasteiger charge is 2.29. The predicted octanol–water partition coefficient (Wildman–Crippen LogP) is 3.78. The van der Waals surface area contributed by atoms with Gasteiger partial charge in [-0.25, -0.2) is 0 Å². The van der Waals surface area contributed by atoms with Gasteiger partial charge in [0, 0.05) is 36.5 Å². The Hall–Kier alpha value is -1.88. The molecule has 4 rings (SSSR count). The van der Waals surface area contributed by atoms with Gasteiger partial charge in [-0.2, -0.15) is 5.10 Å². The van der Waals surface area contributed by atoms with E-state index in [4.69, 9.17) is 0 Å². The number of H-pyrrole nitrogens is 1. The van der Waals surface area contributed by atoms with Gasteiger partial charge in [0.25, 0.3) is 0 Å². The van der Waals surface area contributed by atoms with E-state index in [-0.39, 0.29) is 0 Å². The summed E-state index contributed by atoms with van der Waals surface area (Å²) in [5.74, 6) is 0.717. The Balaban J connectivity index is 1.29. The molecule has 2 aliphatic rings. The number of hydrogen-bond donors (Lipinski definition) is 2. The Labute approximate surface area is 155 Å². The van der Waals surface area contributed by atoms with Gasteiger partial charge in [0.1, 0.15) is 0 Å². The summed E-state index contributed by atoms with van der Waals surface area (Å²) in [7, 11) is 0. The molecular formula is C21H30N4O. The van der Waals surface area contributed by atoms with E-state index in [1.807, 2.05) is 6.20 Å². The Bertz CT molecular complexity index is 741. The van der Waals surface area contributed by atoms with Crippen LogP contribution in [-0.4, -0.2) is 40.1 Å². The van der Waals surface area contributed by atoms with Crippen LogP contribution >= 0.6 is 0 Å². The second kappa shape index (κ2) is 7.78. The topological polar surface area (TPSA) is 61.0 Å². The van der Waals surface area contributed by atoms with Crippen molar-refractivity contribution in [3.63, 3.8) is 0 Å². The fourth-order valence-corrected chi connectivity index (χ4v) is 4.55. The number of likely N-dealkylation sites (tertiary alicyclic amines) is 1. The van der Waals surface area contributed by atoms with E-state index in [1.165, 1.54) is 24.8 Å². The van der Waals surface area contributed by atoms with E-state index in [1.54, 1.807) is 0 Å². The average Bonchev–Trinajstić information content (AvgIpc) is 3.16. The molecule has 140 valence electrons. The van der Waals surface area contributed by atoms with E-state index in [9.17, 15) is 4.79 Å². The summed E-state index contributed by atoms with van der Waals surface area (Å²) in [6.45, 7) is 4.02. The van der Waals surface area contributed by atoms with Crippen molar-refractivity contribution in [3.05, 3.63) is 30.0 Å². The molecule has 1 aliphatic carbocycles. The lowest BCUT2D eigenvalue weighted by Crippen LogP contribution is -2.47. The van der Waals surface area contributed by atoms with Crippen molar-refractivity contribution in [2.24, 2.45) is 5.92 Å². The molecule has 5 nitrogen and oxygen atoms in total. The molecule has 26 heavy (non-hydrogen) atoms. The summed E-state index contributed by atoms with van der Waals surface area (Å²) in [4.78, 5) is 14.8. The fraction of sp³-hybridized carbons (Fsp3) is 0.619. The number of rotatable bonds is 4. The van der Waals surface area contributed by atoms with Crippen LogP contribution in [0.3, 0.4) is 0 Å². The van der Waals surface area contributed by atoms with Crippen LogP contribution in [0, 0.1) is 5.92 Å². The van der Waals surface area contributed by atoms with Crippen molar-refractivity contribution in [1.29, 1.82) is 0 Å². The first-order chi connectivity index (χ1) is 12.7. The van der Waals surface area contributed by atoms with Crippen molar-refractivity contribution < 1.29 is 4.79 Å². The highest BCUT2D eigenvalue weighted by atomic mass is 16.2. The van der Waals surface area contributed by atoms with Crippen molar-refractivity contribution in [1.82, 2.24) is 20.4 Å². The number of piperidine rings is 1. The molecule has 0 spiro atoms. The van der Waals surface area contributed by atoms with Gasteiger partial charge in [-0.05, 0) is 44.2 Å². The summed E-state index contributed by atoms with van der Waals surface area (Å²) in [5.41, 5.74) is 2.37. The average molecular weight is 354 g/mol. The maximum Gasteiger partial charge on any atom is 0.225 e. The number of carbonyl (C=O) groups excluding carboxylic acids is 1. The molecule has 1 aliphatic heterocycles. The lowest BCUT2D eigenvalue weighted by Gasteiger charge is -2.36. The predicted molar refractivity (Wildman–Crippen MR) is 104 cm³/mol. The molecule has 2 aromatic rings. The Morgan fingerprint density at radius 3 is 2.73 bits per heavy atom. The molecule has 2 heterocycles. The van der Waals surface area contributed by atoms with Crippen molar-refractivity contribution in [3.8, 4) is 0 Å². The zero-order chi connectivity index (χ0) is 17.9. The number of amides is 1. The smallest absolute Gasteiger partial charge is 0.225 e. The molecule has 1 atom stereocenters. The SMILES string of the molecule is CC(NC1CCN(C(=O)C2CCCCC2)CC1)c1ccc2cn[nH]c2c1. The van der Waals surface area contributed by atoms with Crippen molar-refractivity contribution >= 4 is 16.8 Å². The van der Waals surface area contributed by atoms with Crippen LogP contribution in [0.15, 0.2) is 24.4 Å². The molecule has 2 fully saturated rings. The molecule has 5 heteroatoms. The van der Waals surface area contributed by atoms with Gasteiger partial charge in [-0.15, -0.1) is 0 Å². The minimum Gasteiger partial charge on any atom is -0.342 e. The quantitative estimate of drug-likeness (QED) is 0.878. The Morgan fingerprint density at radius 1 is 1.19 bits per heavy atom. The molecule has 1 amide bonds. The fourth-order valence-electron chi connectivity index (χ4n) is 4.55. The molecule has 1 aromatic carbocycles. The van der Waals surface area contributed by atoms with E-state index < -0.39 is 0 Å². The number of nitrogens with zero attached hydrogens (tertiary/aromatic N) is 2. The maximum absolute atomic E-state index is 12.7. The lowest BCUT2D eigenvalue weighted by atomic mass is 9.87. The molecule has 0 bridgehead atoms. The number of aromatic amines is 1. The highest BCUT2D eigenvalue weighted by molar-refractivity contribution is 5.79. The van der Waals surface area contributed by atoms with Crippen LogP contribution in [-0.2, 0) is 4.79 Å². The van der Waals surface area contributed by atoms with Crippen molar-refractivity contribution in [2.45, 2.75) is 64.0 Å². The summed E-state index contributed by atoms with van der Waals surface area (Å²) < 4.78 is 0. The van der Waals surface area contributed by atoms with Crippen LogP contribution < -0.4 is 5.32 Å². The van der Waals surface area contributed by atoms with Crippen LogP contribution in [0.1, 0.15) is 63.5 Å². The number of aromatic nitrogens is 2. The third-order valence-electron chi connectivity index (χ3n) is 6.21. The molecule has 1 unspecified atom stereocenters. The summed E-state index contributed by atoms with van der Waals surface area (Å²) in [6, 6.07) is 7.27. The normalized spacial score (nSPS) is 21.2. The van der Waals surface area contributed by atoms with Gasteiger partial charge in [-0.3, -0.25) is 9.89 Å². The standard InChI is InChI=1S/C21H30N4O/c1-15(17-7-8-18-14-22-24-20(18)13-17)23-19-9-11-25(12-10-19)21(26)16-5-3-2-4-6-16/h7-8,13-16,19,23H,2-6,9-12H2,1H3,(H,22,24). The summed E-state index contributed by atoms with van der Waals surface area (Å²) in [5, 5.41) is 12.1. The Morgan fingerprint density at radius 2 is 1.96 bits per heavy atom. The van der Waals surface area contributed by atoms with Gasteiger partial charge in [0.15, 0.2) is 0 Å². The van der Waals surface area contributed by atoms with Gasteiger partial charge in [0.2, 0.25) is 5.91 Å². The third-order valence-corrected chi connectivity index (χ3v) is 6.21. The second-order valence-corrected chi connectivity index (χ2v) is 8.04. The summed E-state index contributed by atoms with van der Waals surface area (Å²) in [6.07, 6.45) is 9.92. The van der Waals surface area contributed by atoms with E-state index in [0.717, 1.165) is 49.7 Å². The zero-order valence-electron chi connectivity index (χ0n) is 15.7. The number of fused-ring (bicyclic) bond motifs is 1. The zero-order valence-corrected chi connectivity index (χ0v) is 15.7. The first-order valence-corrected chi connectivity index (χ1v) is 10.2. The van der Waals surface area contributed by atoms with Crippen LogP contribution in [0.5, 0.6) is 0 Å². The molecule has 1 saturated heterocycles. The van der Waals surface area contributed by atoms with Crippen molar-refractivity contribution in [2.75, 3.05) is 13.1 Å². The minimum atomic E-state index is 0.299. The van der Waals surface area contributed by atoms with Crippen LogP contribution in [0.2, 0.25) is 0 Å². The second-order valence-electron chi connectivity index (χ2n) is 8.04. The number of carbonyl (C=O) groups is 1. The molecule has 1 aromatic heterocycles. The van der Waals surface area contributed by atoms with Gasteiger partial charge >= 0.3 is 0 Å². The third kappa shape index (κ3) is 3.78. The van der Waals surface area contributed by atoms with E-state index in [2.05, 4.69) is 45.5 Å². The van der Waals surface area contributed by atoms with E-state index >= 15 is 0 Å². The summed E-state index contributed by atoms with van der Waals surface area (Å²) >= 11 is 0. The van der Waals surface area contributed by atoms with Gasteiger partial charge in [-0.1, -0.05) is 31.4 Å². The van der Waals surface area contributed by atoms with Gasteiger partial charge in [0.05, 0.1) is 11.7 Å². The number of nitrogens with one attached hydrogen (secondary N) is 2. The monoisotopic (exact) mass is 354 g/mol. The molecule has 0 radical (unpaired) electrons. The first kappa shape index (κ1) is 17.5. The molecule has 1 saturated carbocycles. The van der Waals surface area contributed by atoms with Gasteiger partial charge < -0.3 is 10.2 Å². The maximum atomic E-state index is 12.7. The largest absolute Gasteiger partial charge is 0.342 e. The van der Waals surface area contributed by atoms with E-state index in [0.29, 0.717) is 23.9 Å². The van der Waals surface area contributed by atoms with Crippen LogP contribution in [0.25, 0.3) is 10.9 Å². The molecular weight excluding hydrogens is 324 g/mol. The van der Waals surface area contributed by atoms with Crippen LogP contribution in [0.4, 0.5) is 0 Å². The first-order valence-electron chi connectivity index (χ1n) is 10.2. The Kier molecular flexibility index (Phi) is 5.25. The number of benzene rings is 1. The number of hydrogen-bond acceptors (Lipinski definition) is 3. The lowest BCUT2D eigenvalue weighted by molar-refractivity contribution is -0.137.